The Morgan fingerprint density at radius 3 is 2.11 bits per heavy atom. The van der Waals surface area contributed by atoms with Crippen molar-refractivity contribution in [2.75, 3.05) is 13.1 Å². The summed E-state index contributed by atoms with van der Waals surface area (Å²) in [5, 5.41) is 0. The van der Waals surface area contributed by atoms with Crippen molar-refractivity contribution in [2.24, 2.45) is 35.3 Å². The molecule has 4 rings (SSSR count). The quantitative estimate of drug-likeness (QED) is 0.846. The molecule has 1 atom stereocenters. The van der Waals surface area contributed by atoms with Crippen LogP contribution in [-0.4, -0.2) is 29.9 Å². The third-order valence-corrected chi connectivity index (χ3v) is 6.18. The second-order valence-corrected chi connectivity index (χ2v) is 7.13. The summed E-state index contributed by atoms with van der Waals surface area (Å²) < 4.78 is 0. The van der Waals surface area contributed by atoms with Crippen LogP contribution in [0.4, 0.5) is 0 Å². The maximum Gasteiger partial charge on any atom is 0.236 e. The van der Waals surface area contributed by atoms with Gasteiger partial charge < -0.3 is 10.6 Å². The summed E-state index contributed by atoms with van der Waals surface area (Å²) in [5.74, 6) is 4.64. The van der Waals surface area contributed by atoms with Crippen LogP contribution in [-0.2, 0) is 4.79 Å². The summed E-state index contributed by atoms with van der Waals surface area (Å²) in [6, 6.07) is 0.385. The van der Waals surface area contributed by atoms with E-state index in [1.54, 1.807) is 0 Å². The normalized spacial score (nSPS) is 41.3. The van der Waals surface area contributed by atoms with E-state index in [1.165, 1.54) is 32.1 Å². The molecule has 0 aromatic rings. The zero-order valence-corrected chi connectivity index (χ0v) is 12.3. The van der Waals surface area contributed by atoms with E-state index in [0.717, 1.165) is 36.1 Å². The minimum atomic E-state index is 0.129. The lowest BCUT2D eigenvalue weighted by molar-refractivity contribution is -0.137. The molecule has 108 valence electrons. The molecule has 3 heteroatoms. The lowest BCUT2D eigenvalue weighted by atomic mass is 9.50. The maximum absolute atomic E-state index is 12.0. The Hall–Kier alpha value is -0.570. The van der Waals surface area contributed by atoms with E-state index in [-0.39, 0.29) is 12.5 Å². The zero-order chi connectivity index (χ0) is 13.6. The molecule has 1 amide bonds. The highest BCUT2D eigenvalue weighted by Gasteiger charge is 2.50. The van der Waals surface area contributed by atoms with E-state index in [4.69, 9.17) is 5.73 Å². The van der Waals surface area contributed by atoms with Gasteiger partial charge >= 0.3 is 0 Å². The van der Waals surface area contributed by atoms with Crippen molar-refractivity contribution in [3.8, 4) is 0 Å². The van der Waals surface area contributed by atoms with Crippen LogP contribution in [0.15, 0.2) is 0 Å². The van der Waals surface area contributed by atoms with Gasteiger partial charge in [-0.05, 0) is 75.5 Å². The van der Waals surface area contributed by atoms with Gasteiger partial charge in [0.2, 0.25) is 5.91 Å². The van der Waals surface area contributed by atoms with Gasteiger partial charge in [-0.1, -0.05) is 0 Å². The summed E-state index contributed by atoms with van der Waals surface area (Å²) in [4.78, 5) is 14.1. The van der Waals surface area contributed by atoms with Crippen LogP contribution in [0.3, 0.4) is 0 Å². The van der Waals surface area contributed by atoms with Gasteiger partial charge in [0, 0.05) is 12.6 Å². The van der Waals surface area contributed by atoms with Crippen molar-refractivity contribution >= 4 is 5.91 Å². The van der Waals surface area contributed by atoms with E-state index in [0.29, 0.717) is 6.04 Å². The molecule has 0 spiro atoms. The number of likely N-dealkylation sites (N-methyl/N-ethyl adjacent to an activating group) is 1. The first-order valence-corrected chi connectivity index (χ1v) is 8.13. The van der Waals surface area contributed by atoms with Crippen LogP contribution >= 0.6 is 0 Å². The maximum atomic E-state index is 12.0. The SMILES string of the molecule is CCN(C(=O)CN)C(C)C1C2CC3CC(C2)CC1C3. The average molecular weight is 264 g/mol. The van der Waals surface area contributed by atoms with Gasteiger partial charge in [-0.25, -0.2) is 0 Å². The molecule has 4 bridgehead atoms. The van der Waals surface area contributed by atoms with Crippen LogP contribution in [0.25, 0.3) is 0 Å². The highest BCUT2D eigenvalue weighted by Crippen LogP contribution is 2.57. The van der Waals surface area contributed by atoms with Gasteiger partial charge in [0.25, 0.3) is 0 Å². The van der Waals surface area contributed by atoms with Crippen LogP contribution in [0.2, 0.25) is 0 Å². The molecular formula is C16H28N2O. The summed E-state index contributed by atoms with van der Waals surface area (Å²) in [6.07, 6.45) is 7.20. The molecule has 1 unspecified atom stereocenters. The second kappa shape index (κ2) is 5.08. The number of nitrogens with zero attached hydrogens (tertiary/aromatic N) is 1. The van der Waals surface area contributed by atoms with Gasteiger partial charge in [-0.3, -0.25) is 4.79 Å². The fraction of sp³-hybridized carbons (Fsp3) is 0.938. The van der Waals surface area contributed by atoms with E-state index >= 15 is 0 Å². The molecule has 0 radical (unpaired) electrons. The van der Waals surface area contributed by atoms with Gasteiger partial charge in [-0.2, -0.15) is 0 Å². The highest BCUT2D eigenvalue weighted by atomic mass is 16.2. The number of amides is 1. The number of carbonyl (C=O) groups excluding carboxylic acids is 1. The van der Waals surface area contributed by atoms with E-state index in [2.05, 4.69) is 13.8 Å². The molecule has 4 fully saturated rings. The second-order valence-electron chi connectivity index (χ2n) is 7.13. The molecule has 0 aliphatic heterocycles. The first kappa shape index (κ1) is 13.4. The lowest BCUT2D eigenvalue weighted by Gasteiger charge is -2.57. The van der Waals surface area contributed by atoms with Crippen LogP contribution in [0.1, 0.15) is 46.0 Å². The Bertz CT molecular complexity index is 327. The predicted octanol–water partition coefficient (Wildman–Crippen LogP) is 2.25. The first-order valence-electron chi connectivity index (χ1n) is 8.13. The van der Waals surface area contributed by atoms with Gasteiger partial charge in [-0.15, -0.1) is 0 Å². The predicted molar refractivity (Wildman–Crippen MR) is 76.4 cm³/mol. The van der Waals surface area contributed by atoms with Gasteiger partial charge in [0.15, 0.2) is 0 Å². The monoisotopic (exact) mass is 264 g/mol. The van der Waals surface area contributed by atoms with Crippen LogP contribution in [0, 0.1) is 29.6 Å². The van der Waals surface area contributed by atoms with E-state index in [9.17, 15) is 4.79 Å². The Labute approximate surface area is 116 Å². The fourth-order valence-electron chi connectivity index (χ4n) is 5.77. The smallest absolute Gasteiger partial charge is 0.236 e. The van der Waals surface area contributed by atoms with Crippen molar-refractivity contribution in [1.82, 2.24) is 4.90 Å². The molecule has 0 heterocycles. The fourth-order valence-corrected chi connectivity index (χ4v) is 5.77. The molecule has 3 nitrogen and oxygen atoms in total. The summed E-state index contributed by atoms with van der Waals surface area (Å²) in [6.45, 7) is 5.32. The summed E-state index contributed by atoms with van der Waals surface area (Å²) in [7, 11) is 0. The molecule has 0 aromatic carbocycles. The summed E-state index contributed by atoms with van der Waals surface area (Å²) in [5.41, 5.74) is 5.57. The molecule has 4 aliphatic rings. The van der Waals surface area contributed by atoms with Crippen molar-refractivity contribution in [3.05, 3.63) is 0 Å². The number of hydrogen-bond donors (Lipinski definition) is 1. The minimum absolute atomic E-state index is 0.129. The third-order valence-electron chi connectivity index (χ3n) is 6.18. The lowest BCUT2D eigenvalue weighted by Crippen LogP contribution is -2.55. The number of nitrogens with two attached hydrogens (primary N) is 1. The molecule has 4 saturated carbocycles. The van der Waals surface area contributed by atoms with Crippen molar-refractivity contribution in [2.45, 2.75) is 52.0 Å². The topological polar surface area (TPSA) is 46.3 Å². The average Bonchev–Trinajstić information content (AvgIpc) is 2.38. The van der Waals surface area contributed by atoms with Crippen molar-refractivity contribution in [1.29, 1.82) is 0 Å². The molecule has 0 saturated heterocycles. The zero-order valence-electron chi connectivity index (χ0n) is 12.3. The Balaban J connectivity index is 1.76. The third kappa shape index (κ3) is 2.20. The number of hydrogen-bond acceptors (Lipinski definition) is 2. The number of carbonyl (C=O) groups is 1. The van der Waals surface area contributed by atoms with Crippen LogP contribution < -0.4 is 5.73 Å². The first-order chi connectivity index (χ1) is 9.13. The van der Waals surface area contributed by atoms with E-state index in [1.807, 2.05) is 4.90 Å². The van der Waals surface area contributed by atoms with Crippen molar-refractivity contribution < 1.29 is 4.79 Å². The minimum Gasteiger partial charge on any atom is -0.339 e. The van der Waals surface area contributed by atoms with Gasteiger partial charge in [0.05, 0.1) is 6.54 Å². The number of rotatable bonds is 4. The van der Waals surface area contributed by atoms with Gasteiger partial charge in [0.1, 0.15) is 0 Å². The van der Waals surface area contributed by atoms with Crippen molar-refractivity contribution in [3.63, 3.8) is 0 Å². The molecule has 4 aliphatic carbocycles. The largest absolute Gasteiger partial charge is 0.339 e. The summed E-state index contributed by atoms with van der Waals surface area (Å²) >= 11 is 0. The Morgan fingerprint density at radius 1 is 1.16 bits per heavy atom. The molecule has 19 heavy (non-hydrogen) atoms. The standard InChI is InChI=1S/C16H28N2O/c1-3-18(15(19)9-17)10(2)16-13-5-11-4-12(7-13)8-14(16)6-11/h10-14,16H,3-9,17H2,1-2H3. The van der Waals surface area contributed by atoms with Crippen LogP contribution in [0.5, 0.6) is 0 Å². The Morgan fingerprint density at radius 2 is 1.68 bits per heavy atom. The molecular weight excluding hydrogens is 236 g/mol. The van der Waals surface area contributed by atoms with E-state index < -0.39 is 0 Å². The molecule has 2 N–H and O–H groups in total. The molecule has 0 aromatic heterocycles. The highest BCUT2D eigenvalue weighted by molar-refractivity contribution is 5.78. The Kier molecular flexibility index (Phi) is 3.59.